The summed E-state index contributed by atoms with van der Waals surface area (Å²) in [5, 5.41) is 0.727. The molecule has 2 nitrogen and oxygen atoms in total. The van der Waals surface area contributed by atoms with Crippen molar-refractivity contribution >= 4 is 37.8 Å². The number of benzene rings is 1. The number of carbonyl (C=O) groups excluding carboxylic acids is 1. The minimum atomic E-state index is -0.317. The van der Waals surface area contributed by atoms with Gasteiger partial charge in [-0.05, 0) is 40.0 Å². The normalized spacial score (nSPS) is 10.0. The van der Waals surface area contributed by atoms with E-state index in [4.69, 9.17) is 0 Å². The van der Waals surface area contributed by atoms with Gasteiger partial charge in [-0.2, -0.15) is 0 Å². The third kappa shape index (κ3) is 2.36. The van der Waals surface area contributed by atoms with Gasteiger partial charge >= 0.3 is 5.97 Å². The number of halogens is 2. The highest BCUT2D eigenvalue weighted by Crippen LogP contribution is 2.24. The van der Waals surface area contributed by atoms with Crippen LogP contribution in [-0.2, 0) is 10.1 Å². The molecule has 0 aliphatic rings. The van der Waals surface area contributed by atoms with Crippen LogP contribution in [0.15, 0.2) is 16.6 Å². The average molecular weight is 322 g/mol. The topological polar surface area (TPSA) is 26.3 Å². The number of alkyl halides is 1. The van der Waals surface area contributed by atoms with E-state index in [1.807, 2.05) is 19.1 Å². The largest absolute Gasteiger partial charge is 0.465 e. The van der Waals surface area contributed by atoms with Crippen molar-refractivity contribution in [1.82, 2.24) is 0 Å². The first-order valence-corrected chi connectivity index (χ1v) is 5.95. The molecule has 0 spiro atoms. The van der Waals surface area contributed by atoms with Gasteiger partial charge in [0.2, 0.25) is 0 Å². The van der Waals surface area contributed by atoms with Gasteiger partial charge in [0.15, 0.2) is 0 Å². The first-order chi connectivity index (χ1) is 6.60. The Labute approximate surface area is 99.9 Å². The zero-order valence-corrected chi connectivity index (χ0v) is 11.1. The van der Waals surface area contributed by atoms with E-state index in [0.717, 1.165) is 20.9 Å². The van der Waals surface area contributed by atoms with Crippen molar-refractivity contribution < 1.29 is 9.53 Å². The number of hydrogen-bond donors (Lipinski definition) is 0. The molecule has 1 aromatic carbocycles. The third-order valence-electron chi connectivity index (χ3n) is 1.87. The van der Waals surface area contributed by atoms with Gasteiger partial charge in [-0.15, -0.1) is 0 Å². The highest BCUT2D eigenvalue weighted by atomic mass is 79.9. The molecule has 0 aromatic heterocycles. The number of ether oxygens (including phenoxy) is 1. The van der Waals surface area contributed by atoms with Gasteiger partial charge in [-0.25, -0.2) is 4.79 Å². The van der Waals surface area contributed by atoms with Crippen molar-refractivity contribution in [3.63, 3.8) is 0 Å². The first kappa shape index (κ1) is 11.7. The molecule has 1 rings (SSSR count). The molecule has 0 aliphatic carbocycles. The summed E-state index contributed by atoms with van der Waals surface area (Å²) in [6.07, 6.45) is 0. The molecule has 0 saturated heterocycles. The van der Waals surface area contributed by atoms with E-state index in [-0.39, 0.29) is 5.97 Å². The molecule has 0 aliphatic heterocycles. The van der Waals surface area contributed by atoms with Crippen molar-refractivity contribution in [2.24, 2.45) is 0 Å². The maximum absolute atomic E-state index is 11.4. The van der Waals surface area contributed by atoms with Crippen molar-refractivity contribution in [2.45, 2.75) is 12.3 Å². The van der Waals surface area contributed by atoms with Crippen molar-refractivity contribution in [3.8, 4) is 0 Å². The minimum Gasteiger partial charge on any atom is -0.465 e. The zero-order valence-electron chi connectivity index (χ0n) is 7.93. The molecule has 0 atom stereocenters. The molecule has 4 heteroatoms. The van der Waals surface area contributed by atoms with Crippen LogP contribution in [0, 0.1) is 6.92 Å². The molecular weight excluding hydrogens is 312 g/mol. The predicted octanol–water partition coefficient (Wildman–Crippen LogP) is 3.44. The Kier molecular flexibility index (Phi) is 4.13. The molecule has 0 bridgehead atoms. The summed E-state index contributed by atoms with van der Waals surface area (Å²) < 4.78 is 5.49. The fraction of sp³-hybridized carbons (Fsp3) is 0.300. The van der Waals surface area contributed by atoms with Crippen LogP contribution in [0.3, 0.4) is 0 Å². The quantitative estimate of drug-likeness (QED) is 0.616. The molecule has 0 amide bonds. The molecule has 0 N–H and O–H groups in total. The van der Waals surface area contributed by atoms with Crippen LogP contribution in [0.1, 0.15) is 21.5 Å². The Bertz CT molecular complexity index is 361. The Morgan fingerprint density at radius 3 is 2.64 bits per heavy atom. The first-order valence-electron chi connectivity index (χ1n) is 4.03. The lowest BCUT2D eigenvalue weighted by molar-refractivity contribution is 0.0599. The third-order valence-corrected chi connectivity index (χ3v) is 3.57. The Morgan fingerprint density at radius 2 is 2.14 bits per heavy atom. The lowest BCUT2D eigenvalue weighted by atomic mass is 10.1. The molecular formula is C10H10Br2O2. The summed E-state index contributed by atoms with van der Waals surface area (Å²) in [4.78, 5) is 11.4. The molecule has 0 unspecified atom stereocenters. The van der Waals surface area contributed by atoms with Crippen LogP contribution in [0.25, 0.3) is 0 Å². The summed E-state index contributed by atoms with van der Waals surface area (Å²) in [7, 11) is 1.38. The number of rotatable bonds is 2. The molecule has 0 saturated carbocycles. The van der Waals surface area contributed by atoms with Gasteiger partial charge in [-0.1, -0.05) is 22.0 Å². The smallest absolute Gasteiger partial charge is 0.339 e. The second kappa shape index (κ2) is 4.94. The maximum Gasteiger partial charge on any atom is 0.339 e. The second-order valence-corrected chi connectivity index (χ2v) is 4.25. The number of methoxy groups -OCH3 is 1. The van der Waals surface area contributed by atoms with Crippen LogP contribution in [0.5, 0.6) is 0 Å². The van der Waals surface area contributed by atoms with E-state index < -0.39 is 0 Å². The average Bonchev–Trinajstić information content (AvgIpc) is 2.20. The number of esters is 1. The lowest BCUT2D eigenvalue weighted by Gasteiger charge is -2.07. The number of hydrogen-bond acceptors (Lipinski definition) is 2. The summed E-state index contributed by atoms with van der Waals surface area (Å²) in [6.45, 7) is 1.95. The van der Waals surface area contributed by atoms with E-state index >= 15 is 0 Å². The van der Waals surface area contributed by atoms with Crippen LogP contribution >= 0.6 is 31.9 Å². The van der Waals surface area contributed by atoms with E-state index in [1.54, 1.807) is 0 Å². The molecule has 14 heavy (non-hydrogen) atoms. The second-order valence-electron chi connectivity index (χ2n) is 2.90. The van der Waals surface area contributed by atoms with Crippen LogP contribution in [0.2, 0.25) is 0 Å². The van der Waals surface area contributed by atoms with E-state index in [0.29, 0.717) is 5.56 Å². The summed E-state index contributed by atoms with van der Waals surface area (Å²) in [5.41, 5.74) is 2.66. The van der Waals surface area contributed by atoms with Crippen molar-refractivity contribution in [1.29, 1.82) is 0 Å². The zero-order chi connectivity index (χ0) is 10.7. The SMILES string of the molecule is COC(=O)c1cc(CBr)cc(C)c1Br. The summed E-state index contributed by atoms with van der Waals surface area (Å²) >= 11 is 6.72. The maximum atomic E-state index is 11.4. The standard InChI is InChI=1S/C10H10Br2O2/c1-6-3-7(5-11)4-8(9(6)12)10(13)14-2/h3-4H,5H2,1-2H3. The van der Waals surface area contributed by atoms with Gasteiger partial charge in [0.1, 0.15) is 0 Å². The fourth-order valence-electron chi connectivity index (χ4n) is 1.18. The van der Waals surface area contributed by atoms with Gasteiger partial charge in [-0.3, -0.25) is 0 Å². The van der Waals surface area contributed by atoms with Gasteiger partial charge in [0, 0.05) is 9.80 Å². The Hall–Kier alpha value is -0.350. The number of carbonyl (C=O) groups is 1. The summed E-state index contributed by atoms with van der Waals surface area (Å²) in [5.74, 6) is -0.317. The highest BCUT2D eigenvalue weighted by Gasteiger charge is 2.13. The van der Waals surface area contributed by atoms with E-state index in [2.05, 4.69) is 36.6 Å². The van der Waals surface area contributed by atoms with Gasteiger partial charge in [0.05, 0.1) is 12.7 Å². The highest BCUT2D eigenvalue weighted by molar-refractivity contribution is 9.10. The van der Waals surface area contributed by atoms with E-state index in [9.17, 15) is 4.79 Å². The van der Waals surface area contributed by atoms with Crippen molar-refractivity contribution in [3.05, 3.63) is 33.3 Å². The van der Waals surface area contributed by atoms with Crippen molar-refractivity contribution in [2.75, 3.05) is 7.11 Å². The summed E-state index contributed by atoms with van der Waals surface area (Å²) in [6, 6.07) is 3.84. The predicted molar refractivity (Wildman–Crippen MR) is 62.8 cm³/mol. The Balaban J connectivity index is 3.27. The number of aryl methyl sites for hydroxylation is 1. The van der Waals surface area contributed by atoms with Gasteiger partial charge in [0.25, 0.3) is 0 Å². The van der Waals surface area contributed by atoms with Gasteiger partial charge < -0.3 is 4.74 Å². The molecule has 0 radical (unpaired) electrons. The van der Waals surface area contributed by atoms with Crippen LogP contribution in [0.4, 0.5) is 0 Å². The van der Waals surface area contributed by atoms with Crippen LogP contribution < -0.4 is 0 Å². The molecule has 76 valence electrons. The fourth-order valence-corrected chi connectivity index (χ4v) is 1.89. The molecule has 0 fully saturated rings. The lowest BCUT2D eigenvalue weighted by Crippen LogP contribution is -2.04. The molecule has 0 heterocycles. The van der Waals surface area contributed by atoms with E-state index in [1.165, 1.54) is 7.11 Å². The monoisotopic (exact) mass is 320 g/mol. The molecule has 1 aromatic rings. The minimum absolute atomic E-state index is 0.317. The van der Waals surface area contributed by atoms with Crippen LogP contribution in [-0.4, -0.2) is 13.1 Å². The Morgan fingerprint density at radius 1 is 1.50 bits per heavy atom.